The first-order valence-corrected chi connectivity index (χ1v) is 4.20. The second-order valence-electron chi connectivity index (χ2n) is 2.99. The Morgan fingerprint density at radius 2 is 2.40 bits per heavy atom. The molecule has 0 aromatic carbocycles. The van der Waals surface area contributed by atoms with Crippen LogP contribution in [-0.2, 0) is 4.74 Å². The van der Waals surface area contributed by atoms with Gasteiger partial charge in [-0.05, 0) is 25.3 Å². The third kappa shape index (κ3) is 2.27. The standard InChI is InChI=1S/C8H17NO/c1-2-3-4-10-8-5-7(8)6-9/h7-8H,2-6,9H2,1H3. The zero-order valence-electron chi connectivity index (χ0n) is 6.68. The van der Waals surface area contributed by atoms with Gasteiger partial charge in [-0.25, -0.2) is 0 Å². The van der Waals surface area contributed by atoms with Crippen LogP contribution >= 0.6 is 0 Å². The van der Waals surface area contributed by atoms with E-state index >= 15 is 0 Å². The lowest BCUT2D eigenvalue weighted by Gasteiger charge is -1.99. The number of hydrogen-bond acceptors (Lipinski definition) is 2. The van der Waals surface area contributed by atoms with Gasteiger partial charge in [0, 0.05) is 6.61 Å². The van der Waals surface area contributed by atoms with Gasteiger partial charge in [0.15, 0.2) is 0 Å². The minimum atomic E-state index is 0.511. The van der Waals surface area contributed by atoms with Crippen LogP contribution in [0.5, 0.6) is 0 Å². The smallest absolute Gasteiger partial charge is 0.0620 e. The lowest BCUT2D eigenvalue weighted by Crippen LogP contribution is -2.07. The predicted octanol–water partition coefficient (Wildman–Crippen LogP) is 1.15. The van der Waals surface area contributed by atoms with Gasteiger partial charge in [-0.1, -0.05) is 13.3 Å². The van der Waals surface area contributed by atoms with Crippen molar-refractivity contribution in [3.8, 4) is 0 Å². The first kappa shape index (κ1) is 8.02. The summed E-state index contributed by atoms with van der Waals surface area (Å²) in [5.74, 6) is 0.678. The van der Waals surface area contributed by atoms with Crippen molar-refractivity contribution in [3.63, 3.8) is 0 Å². The molecule has 2 atom stereocenters. The molecule has 0 bridgehead atoms. The summed E-state index contributed by atoms with van der Waals surface area (Å²) in [4.78, 5) is 0. The first-order valence-electron chi connectivity index (χ1n) is 4.20. The third-order valence-corrected chi connectivity index (χ3v) is 1.99. The van der Waals surface area contributed by atoms with Crippen LogP contribution in [0.25, 0.3) is 0 Å². The van der Waals surface area contributed by atoms with Crippen molar-refractivity contribution in [2.45, 2.75) is 32.3 Å². The van der Waals surface area contributed by atoms with E-state index in [0.29, 0.717) is 12.0 Å². The van der Waals surface area contributed by atoms with Crippen molar-refractivity contribution in [3.05, 3.63) is 0 Å². The largest absolute Gasteiger partial charge is 0.378 e. The molecular formula is C8H17NO. The van der Waals surface area contributed by atoms with Crippen LogP contribution in [0.3, 0.4) is 0 Å². The molecule has 1 fully saturated rings. The molecule has 0 amide bonds. The van der Waals surface area contributed by atoms with Crippen molar-refractivity contribution in [2.24, 2.45) is 11.7 Å². The Labute approximate surface area is 62.7 Å². The van der Waals surface area contributed by atoms with Gasteiger partial charge in [-0.3, -0.25) is 0 Å². The molecule has 0 aromatic rings. The molecule has 0 aliphatic heterocycles. The average molecular weight is 143 g/mol. The van der Waals surface area contributed by atoms with E-state index in [1.807, 2.05) is 0 Å². The van der Waals surface area contributed by atoms with E-state index in [1.165, 1.54) is 19.3 Å². The highest BCUT2D eigenvalue weighted by Gasteiger charge is 2.36. The van der Waals surface area contributed by atoms with Crippen molar-refractivity contribution in [2.75, 3.05) is 13.2 Å². The van der Waals surface area contributed by atoms with E-state index in [9.17, 15) is 0 Å². The maximum Gasteiger partial charge on any atom is 0.0620 e. The topological polar surface area (TPSA) is 35.2 Å². The summed E-state index contributed by atoms with van der Waals surface area (Å²) in [6.45, 7) is 3.91. The first-order chi connectivity index (χ1) is 4.88. The van der Waals surface area contributed by atoms with Crippen molar-refractivity contribution >= 4 is 0 Å². The number of ether oxygens (including phenoxy) is 1. The monoisotopic (exact) mass is 143 g/mol. The predicted molar refractivity (Wildman–Crippen MR) is 41.8 cm³/mol. The number of rotatable bonds is 5. The maximum absolute atomic E-state index is 5.52. The molecule has 2 heteroatoms. The summed E-state index contributed by atoms with van der Waals surface area (Å²) in [5, 5.41) is 0. The van der Waals surface area contributed by atoms with Crippen LogP contribution in [0.15, 0.2) is 0 Å². The fourth-order valence-electron chi connectivity index (χ4n) is 1.05. The second-order valence-corrected chi connectivity index (χ2v) is 2.99. The Bertz CT molecular complexity index is 95.3. The molecule has 2 N–H and O–H groups in total. The highest BCUT2D eigenvalue weighted by atomic mass is 16.5. The molecule has 0 saturated heterocycles. The molecule has 2 nitrogen and oxygen atoms in total. The van der Waals surface area contributed by atoms with Crippen LogP contribution in [0.2, 0.25) is 0 Å². The van der Waals surface area contributed by atoms with Crippen LogP contribution in [0.4, 0.5) is 0 Å². The molecule has 0 radical (unpaired) electrons. The van der Waals surface area contributed by atoms with Gasteiger partial charge in [-0.2, -0.15) is 0 Å². The van der Waals surface area contributed by atoms with Gasteiger partial charge in [0.1, 0.15) is 0 Å². The summed E-state index contributed by atoms with van der Waals surface area (Å²) in [6, 6.07) is 0. The lowest BCUT2D eigenvalue weighted by molar-refractivity contribution is 0.107. The maximum atomic E-state index is 5.52. The van der Waals surface area contributed by atoms with Gasteiger partial charge >= 0.3 is 0 Å². The Kier molecular flexibility index (Phi) is 3.16. The van der Waals surface area contributed by atoms with E-state index in [4.69, 9.17) is 10.5 Å². The second kappa shape index (κ2) is 3.94. The zero-order valence-corrected chi connectivity index (χ0v) is 6.68. The molecule has 1 rings (SSSR count). The van der Waals surface area contributed by atoms with Crippen molar-refractivity contribution < 1.29 is 4.74 Å². The molecule has 0 heterocycles. The van der Waals surface area contributed by atoms with E-state index in [0.717, 1.165) is 13.2 Å². The van der Waals surface area contributed by atoms with E-state index in [-0.39, 0.29) is 0 Å². The van der Waals surface area contributed by atoms with Crippen LogP contribution in [-0.4, -0.2) is 19.3 Å². The highest BCUT2D eigenvalue weighted by molar-refractivity contribution is 4.88. The number of unbranched alkanes of at least 4 members (excludes halogenated alkanes) is 1. The van der Waals surface area contributed by atoms with Crippen LogP contribution < -0.4 is 5.73 Å². The van der Waals surface area contributed by atoms with E-state index in [1.54, 1.807) is 0 Å². The molecule has 1 saturated carbocycles. The van der Waals surface area contributed by atoms with Gasteiger partial charge in [-0.15, -0.1) is 0 Å². The fourth-order valence-corrected chi connectivity index (χ4v) is 1.05. The molecule has 0 aromatic heterocycles. The van der Waals surface area contributed by atoms with Crippen LogP contribution in [0, 0.1) is 5.92 Å². The average Bonchev–Trinajstić information content (AvgIpc) is 2.68. The normalized spacial score (nSPS) is 30.6. The number of hydrogen-bond donors (Lipinski definition) is 1. The summed E-state index contributed by atoms with van der Waals surface area (Å²) >= 11 is 0. The summed E-state index contributed by atoms with van der Waals surface area (Å²) in [5.41, 5.74) is 5.45. The molecule has 1 aliphatic carbocycles. The Hall–Kier alpha value is -0.0800. The SMILES string of the molecule is CCCCOC1CC1CN. The molecule has 60 valence electrons. The molecule has 1 aliphatic rings. The van der Waals surface area contributed by atoms with Crippen molar-refractivity contribution in [1.29, 1.82) is 0 Å². The van der Waals surface area contributed by atoms with Crippen molar-refractivity contribution in [1.82, 2.24) is 0 Å². The molecule has 10 heavy (non-hydrogen) atoms. The zero-order chi connectivity index (χ0) is 7.40. The minimum absolute atomic E-state index is 0.511. The van der Waals surface area contributed by atoms with Gasteiger partial charge in [0.25, 0.3) is 0 Å². The highest BCUT2D eigenvalue weighted by Crippen LogP contribution is 2.32. The summed E-state index contributed by atoms with van der Waals surface area (Å²) < 4.78 is 5.52. The quantitative estimate of drug-likeness (QED) is 0.586. The van der Waals surface area contributed by atoms with Gasteiger partial charge < -0.3 is 10.5 Å². The summed E-state index contributed by atoms with van der Waals surface area (Å²) in [6.07, 6.45) is 4.12. The van der Waals surface area contributed by atoms with E-state index < -0.39 is 0 Å². The van der Waals surface area contributed by atoms with E-state index in [2.05, 4.69) is 6.92 Å². The number of nitrogens with two attached hydrogens (primary N) is 1. The van der Waals surface area contributed by atoms with Crippen LogP contribution in [0.1, 0.15) is 26.2 Å². The van der Waals surface area contributed by atoms with Gasteiger partial charge in [0.2, 0.25) is 0 Å². The molecular weight excluding hydrogens is 126 g/mol. The third-order valence-electron chi connectivity index (χ3n) is 1.99. The Morgan fingerprint density at radius 1 is 1.60 bits per heavy atom. The summed E-state index contributed by atoms with van der Waals surface area (Å²) in [7, 11) is 0. The lowest BCUT2D eigenvalue weighted by atomic mass is 10.4. The Balaban J connectivity index is 1.87. The fraction of sp³-hybridized carbons (Fsp3) is 1.00. The molecule has 2 unspecified atom stereocenters. The Morgan fingerprint density at radius 3 is 2.90 bits per heavy atom. The van der Waals surface area contributed by atoms with Gasteiger partial charge in [0.05, 0.1) is 6.10 Å². The minimum Gasteiger partial charge on any atom is -0.378 e. The molecule has 0 spiro atoms.